The summed E-state index contributed by atoms with van der Waals surface area (Å²) >= 11 is 7.90. The topological polar surface area (TPSA) is 134 Å². The van der Waals surface area contributed by atoms with E-state index < -0.39 is 29.3 Å². The highest BCUT2D eigenvalue weighted by atomic mass is 35.5. The van der Waals surface area contributed by atoms with Crippen LogP contribution in [0.5, 0.6) is 5.75 Å². The number of likely N-dealkylation sites (N-methyl/N-ethyl adjacent to an activating group) is 1. The molecule has 0 saturated heterocycles. The van der Waals surface area contributed by atoms with Gasteiger partial charge in [0, 0.05) is 36.5 Å². The second-order valence-electron chi connectivity index (χ2n) is 10.8. The number of ether oxygens (including phenoxy) is 2. The maximum atomic E-state index is 14.2. The van der Waals surface area contributed by atoms with E-state index in [0.717, 1.165) is 28.3 Å². The number of amides is 1. The van der Waals surface area contributed by atoms with Crippen LogP contribution >= 0.6 is 23.4 Å². The average Bonchev–Trinajstić information content (AvgIpc) is 3.17. The Morgan fingerprint density at radius 1 is 0.875 bits per heavy atom. The van der Waals surface area contributed by atoms with Crippen LogP contribution < -0.4 is 9.64 Å². The van der Waals surface area contributed by atoms with E-state index >= 15 is 0 Å². The molecule has 0 spiro atoms. The molecule has 0 fully saturated rings. The standard InChI is InChI=1S/C34H33ClN2O4S.C2H2O4/c1-24(38)41-32-33(27-13-16-29(17-14-27)40-23-26-11-7-4-8-12-26)42-31-21-28(35)15-18-30(31)37(34(32)39)20-19-36(2)22-25-9-5-3-6-10-25;3-1(4)2(5)6/h3-18,21,32-33H,19-20,22-23H2,1-2H3;(H,3,4)(H,5,6)/t32-,33+;/m1./s1. The van der Waals surface area contributed by atoms with E-state index in [2.05, 4.69) is 17.0 Å². The highest BCUT2D eigenvalue weighted by Gasteiger charge is 2.41. The molecule has 0 saturated carbocycles. The molecule has 1 aliphatic rings. The predicted molar refractivity (Wildman–Crippen MR) is 183 cm³/mol. The van der Waals surface area contributed by atoms with Crippen molar-refractivity contribution >= 4 is 52.9 Å². The summed E-state index contributed by atoms with van der Waals surface area (Å²) < 4.78 is 11.7. The van der Waals surface area contributed by atoms with Gasteiger partial charge in [0.15, 0.2) is 6.10 Å². The molecule has 1 amide bonds. The van der Waals surface area contributed by atoms with E-state index in [1.807, 2.05) is 92.0 Å². The van der Waals surface area contributed by atoms with Crippen LogP contribution in [0.4, 0.5) is 5.69 Å². The van der Waals surface area contributed by atoms with Crippen LogP contribution in [0.2, 0.25) is 5.02 Å². The Morgan fingerprint density at radius 2 is 1.48 bits per heavy atom. The molecule has 5 rings (SSSR count). The van der Waals surface area contributed by atoms with E-state index in [1.54, 1.807) is 11.0 Å². The van der Waals surface area contributed by atoms with Gasteiger partial charge in [-0.25, -0.2) is 9.59 Å². The zero-order chi connectivity index (χ0) is 34.6. The summed E-state index contributed by atoms with van der Waals surface area (Å²) in [5.41, 5.74) is 3.87. The zero-order valence-corrected chi connectivity index (χ0v) is 27.9. The lowest BCUT2D eigenvalue weighted by molar-refractivity contribution is -0.159. The molecule has 0 bridgehead atoms. The lowest BCUT2D eigenvalue weighted by atomic mass is 10.1. The van der Waals surface area contributed by atoms with E-state index in [0.29, 0.717) is 30.5 Å². The number of carbonyl (C=O) groups is 4. The summed E-state index contributed by atoms with van der Waals surface area (Å²) in [6, 6.07) is 33.3. The molecule has 48 heavy (non-hydrogen) atoms. The molecule has 1 heterocycles. The number of hydrogen-bond acceptors (Lipinski definition) is 8. The third-order valence-electron chi connectivity index (χ3n) is 7.18. The Labute approximate surface area is 287 Å². The van der Waals surface area contributed by atoms with Gasteiger partial charge in [0.1, 0.15) is 12.4 Å². The maximum absolute atomic E-state index is 14.2. The monoisotopic (exact) mass is 690 g/mol. The van der Waals surface area contributed by atoms with E-state index in [-0.39, 0.29) is 5.91 Å². The molecular formula is C36H35ClN2O8S. The van der Waals surface area contributed by atoms with Crippen LogP contribution in [0.15, 0.2) is 108 Å². The smallest absolute Gasteiger partial charge is 0.414 e. The van der Waals surface area contributed by atoms with Gasteiger partial charge in [-0.1, -0.05) is 84.4 Å². The van der Waals surface area contributed by atoms with Crippen LogP contribution in [0.3, 0.4) is 0 Å². The number of carboxylic acids is 2. The zero-order valence-electron chi connectivity index (χ0n) is 26.3. The Balaban J connectivity index is 0.000000794. The van der Waals surface area contributed by atoms with E-state index in [9.17, 15) is 9.59 Å². The number of esters is 1. The quantitative estimate of drug-likeness (QED) is 0.144. The number of thioether (sulfide) groups is 1. The molecule has 0 aliphatic carbocycles. The first-order valence-corrected chi connectivity index (χ1v) is 16.2. The molecule has 0 aromatic heterocycles. The van der Waals surface area contributed by atoms with Crippen molar-refractivity contribution in [2.24, 2.45) is 0 Å². The minimum atomic E-state index is -1.82. The number of rotatable bonds is 10. The van der Waals surface area contributed by atoms with Crippen LogP contribution in [0, 0.1) is 0 Å². The van der Waals surface area contributed by atoms with Crippen LogP contribution in [-0.4, -0.2) is 65.2 Å². The molecule has 0 radical (unpaired) electrons. The molecule has 250 valence electrons. The molecule has 2 N–H and O–H groups in total. The number of halogens is 1. The number of hydrogen-bond donors (Lipinski definition) is 2. The Hall–Kier alpha value is -4.84. The summed E-state index contributed by atoms with van der Waals surface area (Å²) in [5.74, 6) is -3.71. The highest BCUT2D eigenvalue weighted by Crippen LogP contribution is 2.47. The maximum Gasteiger partial charge on any atom is 0.414 e. The van der Waals surface area contributed by atoms with Gasteiger partial charge >= 0.3 is 17.9 Å². The van der Waals surface area contributed by atoms with Gasteiger partial charge in [-0.05, 0) is 54.1 Å². The van der Waals surface area contributed by atoms with Gasteiger partial charge in [0.2, 0.25) is 0 Å². The second kappa shape index (κ2) is 17.4. The largest absolute Gasteiger partial charge is 0.489 e. The number of aliphatic carboxylic acids is 2. The number of anilines is 1. The predicted octanol–water partition coefficient (Wildman–Crippen LogP) is 6.32. The van der Waals surface area contributed by atoms with E-state index in [1.165, 1.54) is 24.2 Å². The fourth-order valence-electron chi connectivity index (χ4n) is 4.91. The van der Waals surface area contributed by atoms with Crippen molar-refractivity contribution in [2.75, 3.05) is 25.0 Å². The first-order valence-electron chi connectivity index (χ1n) is 14.9. The molecule has 4 aromatic rings. The molecule has 1 aliphatic heterocycles. The molecular weight excluding hydrogens is 656 g/mol. The Morgan fingerprint density at radius 3 is 2.06 bits per heavy atom. The number of fused-ring (bicyclic) bond motifs is 1. The molecule has 4 aromatic carbocycles. The van der Waals surface area contributed by atoms with Crippen molar-refractivity contribution in [1.82, 2.24) is 4.90 Å². The van der Waals surface area contributed by atoms with E-state index in [4.69, 9.17) is 40.9 Å². The van der Waals surface area contributed by atoms with Gasteiger partial charge in [-0.15, -0.1) is 11.8 Å². The average molecular weight is 691 g/mol. The minimum absolute atomic E-state index is 0.263. The SMILES string of the molecule is CC(=O)O[C@H]1C(=O)N(CCN(C)Cc2ccccc2)c2ccc(Cl)cc2S[C@H]1c1ccc(OCc2ccccc2)cc1.O=C(O)C(=O)O. The van der Waals surface area contributed by atoms with Crippen molar-refractivity contribution in [3.8, 4) is 5.75 Å². The fourth-order valence-corrected chi connectivity index (χ4v) is 6.50. The summed E-state index contributed by atoms with van der Waals surface area (Å²) in [7, 11) is 2.03. The number of carboxylic acid groups (broad SMARTS) is 2. The minimum Gasteiger partial charge on any atom is -0.489 e. The molecule has 0 unspecified atom stereocenters. The second-order valence-corrected chi connectivity index (χ2v) is 12.5. The summed E-state index contributed by atoms with van der Waals surface area (Å²) in [6.07, 6.45) is -1.02. The van der Waals surface area contributed by atoms with Crippen molar-refractivity contribution in [2.45, 2.75) is 36.3 Å². The number of nitrogens with zero attached hydrogens (tertiary/aromatic N) is 2. The molecule has 2 atom stereocenters. The van der Waals surface area contributed by atoms with Crippen molar-refractivity contribution in [3.05, 3.63) is 125 Å². The van der Waals surface area contributed by atoms with Crippen LogP contribution in [0.1, 0.15) is 28.9 Å². The van der Waals surface area contributed by atoms with Gasteiger partial charge in [0.25, 0.3) is 5.91 Å². The third-order valence-corrected chi connectivity index (χ3v) is 8.77. The third kappa shape index (κ3) is 10.3. The highest BCUT2D eigenvalue weighted by molar-refractivity contribution is 7.99. The number of benzene rings is 4. The van der Waals surface area contributed by atoms with Gasteiger partial charge in [-0.3, -0.25) is 9.59 Å². The Kier molecular flexibility index (Phi) is 13.0. The van der Waals surface area contributed by atoms with Crippen molar-refractivity contribution in [3.63, 3.8) is 0 Å². The van der Waals surface area contributed by atoms with Gasteiger partial charge in [0.05, 0.1) is 10.9 Å². The fraction of sp³-hybridized carbons (Fsp3) is 0.222. The lowest BCUT2D eigenvalue weighted by Gasteiger charge is -2.29. The van der Waals surface area contributed by atoms with Crippen LogP contribution in [0.25, 0.3) is 0 Å². The first kappa shape index (κ1) is 36.0. The molecule has 12 heteroatoms. The summed E-state index contributed by atoms with van der Waals surface area (Å²) in [5, 5.41) is 14.9. The molecule has 10 nitrogen and oxygen atoms in total. The normalized spacial score (nSPS) is 15.4. The van der Waals surface area contributed by atoms with Crippen molar-refractivity contribution < 1.29 is 38.9 Å². The van der Waals surface area contributed by atoms with Crippen LogP contribution in [-0.2, 0) is 37.1 Å². The lowest BCUT2D eigenvalue weighted by Crippen LogP contribution is -2.45. The summed E-state index contributed by atoms with van der Waals surface area (Å²) in [6.45, 7) is 3.58. The van der Waals surface area contributed by atoms with Gasteiger partial charge in [-0.2, -0.15) is 0 Å². The summed E-state index contributed by atoms with van der Waals surface area (Å²) in [4.78, 5) is 49.4. The Bertz CT molecular complexity index is 1690. The van der Waals surface area contributed by atoms with Gasteiger partial charge < -0.3 is 29.5 Å². The van der Waals surface area contributed by atoms with Crippen molar-refractivity contribution in [1.29, 1.82) is 0 Å². The number of carbonyl (C=O) groups excluding carboxylic acids is 2. The first-order chi connectivity index (χ1) is 23.0.